The van der Waals surface area contributed by atoms with E-state index in [1.54, 1.807) is 24.3 Å². The summed E-state index contributed by atoms with van der Waals surface area (Å²) in [6, 6.07) is 8.27. The van der Waals surface area contributed by atoms with Crippen molar-refractivity contribution in [1.82, 2.24) is 15.1 Å². The van der Waals surface area contributed by atoms with Crippen molar-refractivity contribution >= 4 is 23.8 Å². The molecule has 7 nitrogen and oxygen atoms in total. The van der Waals surface area contributed by atoms with Gasteiger partial charge in [-0.1, -0.05) is 37.3 Å². The van der Waals surface area contributed by atoms with Gasteiger partial charge in [0.1, 0.15) is 6.54 Å². The van der Waals surface area contributed by atoms with Crippen LogP contribution in [-0.4, -0.2) is 46.1 Å². The zero-order valence-electron chi connectivity index (χ0n) is 14.8. The second-order valence-electron chi connectivity index (χ2n) is 7.08. The zero-order valence-corrected chi connectivity index (χ0v) is 14.8. The highest BCUT2D eigenvalue weighted by Crippen LogP contribution is 2.23. The summed E-state index contributed by atoms with van der Waals surface area (Å²) < 4.78 is 0. The maximum absolute atomic E-state index is 12.4. The van der Waals surface area contributed by atoms with Crippen LogP contribution in [0.3, 0.4) is 0 Å². The van der Waals surface area contributed by atoms with Gasteiger partial charge in [-0.3, -0.25) is 19.3 Å². The number of rotatable bonds is 5. The Hall–Kier alpha value is -2.70. The molecule has 0 spiro atoms. The van der Waals surface area contributed by atoms with Crippen molar-refractivity contribution in [2.75, 3.05) is 6.54 Å². The molecule has 0 bridgehead atoms. The van der Waals surface area contributed by atoms with E-state index in [4.69, 9.17) is 0 Å². The lowest BCUT2D eigenvalue weighted by molar-refractivity contribution is -0.144. The molecule has 5 amide bonds. The van der Waals surface area contributed by atoms with Crippen LogP contribution in [0.1, 0.15) is 38.2 Å². The third-order valence-corrected chi connectivity index (χ3v) is 5.00. The molecule has 7 heteroatoms. The number of hydrogen-bond donors (Lipinski definition) is 1. The number of nitrogens with zero attached hydrogens (tertiary/aromatic N) is 2. The van der Waals surface area contributed by atoms with Gasteiger partial charge >= 0.3 is 17.8 Å². The van der Waals surface area contributed by atoms with Gasteiger partial charge in [0.05, 0.1) is 6.54 Å². The highest BCUT2D eigenvalue weighted by Gasteiger charge is 2.45. The van der Waals surface area contributed by atoms with E-state index in [9.17, 15) is 19.2 Å². The van der Waals surface area contributed by atoms with Crippen LogP contribution in [0.5, 0.6) is 0 Å². The van der Waals surface area contributed by atoms with Gasteiger partial charge in [0.15, 0.2) is 0 Å². The van der Waals surface area contributed by atoms with E-state index in [0.717, 1.165) is 41.0 Å². The van der Waals surface area contributed by atoms with Crippen LogP contribution >= 0.6 is 0 Å². The van der Waals surface area contributed by atoms with Gasteiger partial charge in [0, 0.05) is 6.04 Å². The van der Waals surface area contributed by atoms with E-state index >= 15 is 0 Å². The molecule has 0 unspecified atom stereocenters. The van der Waals surface area contributed by atoms with E-state index in [1.165, 1.54) is 0 Å². The van der Waals surface area contributed by atoms with Gasteiger partial charge in [0.25, 0.3) is 0 Å². The molecule has 1 aromatic rings. The second-order valence-corrected chi connectivity index (χ2v) is 7.08. The van der Waals surface area contributed by atoms with Gasteiger partial charge in [-0.25, -0.2) is 9.69 Å². The summed E-state index contributed by atoms with van der Waals surface area (Å²) in [6.45, 7) is 1.79. The predicted octanol–water partition coefficient (Wildman–Crippen LogP) is 1.67. The lowest BCUT2D eigenvalue weighted by Crippen LogP contribution is -2.45. The topological polar surface area (TPSA) is 86.8 Å². The van der Waals surface area contributed by atoms with Crippen molar-refractivity contribution in [3.8, 4) is 0 Å². The van der Waals surface area contributed by atoms with Crippen molar-refractivity contribution in [2.24, 2.45) is 5.92 Å². The molecule has 1 heterocycles. The van der Waals surface area contributed by atoms with E-state index in [-0.39, 0.29) is 12.6 Å². The summed E-state index contributed by atoms with van der Waals surface area (Å²) in [6.07, 6.45) is 3.90. The summed E-state index contributed by atoms with van der Waals surface area (Å²) >= 11 is 0. The largest absolute Gasteiger partial charge is 0.352 e. The van der Waals surface area contributed by atoms with Crippen molar-refractivity contribution in [1.29, 1.82) is 0 Å². The molecule has 1 aromatic carbocycles. The lowest BCUT2D eigenvalue weighted by atomic mass is 9.87. The molecule has 0 radical (unpaired) electrons. The number of amides is 5. The third-order valence-electron chi connectivity index (χ3n) is 5.00. The molecular weight excluding hydrogens is 334 g/mol. The molecule has 2 fully saturated rings. The fraction of sp³-hybridized carbons (Fsp3) is 0.474. The maximum atomic E-state index is 12.4. The summed E-state index contributed by atoms with van der Waals surface area (Å²) in [5, 5.41) is 2.87. The molecule has 0 atom stereocenters. The predicted molar refractivity (Wildman–Crippen MR) is 93.7 cm³/mol. The average Bonchev–Trinajstić information content (AvgIpc) is 2.83. The number of carbonyl (C=O) groups excluding carboxylic acids is 4. The standard InChI is InChI=1S/C19H23N3O4/c1-13-7-9-15(10-8-13)20-16(23)12-22-18(25)17(24)21(19(22)26)11-14-5-3-2-4-6-14/h2-6,13,15H,7-12H2,1H3,(H,20,23). The fourth-order valence-electron chi connectivity index (χ4n) is 3.42. The monoisotopic (exact) mass is 357 g/mol. The summed E-state index contributed by atoms with van der Waals surface area (Å²) in [7, 11) is 0. The van der Waals surface area contributed by atoms with E-state index in [0.29, 0.717) is 5.92 Å². The first kappa shape index (κ1) is 18.1. The molecule has 1 saturated carbocycles. The van der Waals surface area contributed by atoms with Crippen LogP contribution in [-0.2, 0) is 20.9 Å². The SMILES string of the molecule is CC1CCC(NC(=O)CN2C(=O)C(=O)N(Cc3ccccc3)C2=O)CC1. The van der Waals surface area contributed by atoms with Gasteiger partial charge in [-0.15, -0.1) is 0 Å². The van der Waals surface area contributed by atoms with Crippen LogP contribution in [0.2, 0.25) is 0 Å². The summed E-state index contributed by atoms with van der Waals surface area (Å²) in [5.41, 5.74) is 0.740. The normalized spacial score (nSPS) is 23.5. The van der Waals surface area contributed by atoms with Crippen LogP contribution in [0, 0.1) is 5.92 Å². The Kier molecular flexibility index (Phi) is 5.35. The summed E-state index contributed by atoms with van der Waals surface area (Å²) in [5.74, 6) is -1.58. The molecule has 26 heavy (non-hydrogen) atoms. The van der Waals surface area contributed by atoms with Crippen LogP contribution in [0.15, 0.2) is 30.3 Å². The quantitative estimate of drug-likeness (QED) is 0.641. The molecule has 1 aliphatic carbocycles. The number of benzene rings is 1. The molecule has 3 rings (SSSR count). The average molecular weight is 357 g/mol. The molecule has 2 aliphatic rings. The lowest BCUT2D eigenvalue weighted by Gasteiger charge is -2.27. The summed E-state index contributed by atoms with van der Waals surface area (Å²) in [4.78, 5) is 50.5. The van der Waals surface area contributed by atoms with Crippen LogP contribution in [0.25, 0.3) is 0 Å². The van der Waals surface area contributed by atoms with Crippen LogP contribution in [0.4, 0.5) is 4.79 Å². The van der Waals surface area contributed by atoms with Crippen molar-refractivity contribution in [3.05, 3.63) is 35.9 Å². The molecule has 1 aliphatic heterocycles. The Morgan fingerprint density at radius 2 is 1.62 bits per heavy atom. The first-order valence-corrected chi connectivity index (χ1v) is 8.96. The number of nitrogens with one attached hydrogen (secondary N) is 1. The number of hydrogen-bond acceptors (Lipinski definition) is 4. The molecule has 0 aromatic heterocycles. The molecular formula is C19H23N3O4. The number of carbonyl (C=O) groups is 4. The van der Waals surface area contributed by atoms with E-state index in [1.807, 2.05) is 6.07 Å². The highest BCUT2D eigenvalue weighted by atomic mass is 16.2. The Balaban J connectivity index is 1.59. The number of imide groups is 2. The minimum Gasteiger partial charge on any atom is -0.352 e. The minimum atomic E-state index is -0.946. The highest BCUT2D eigenvalue weighted by molar-refractivity contribution is 6.44. The minimum absolute atomic E-state index is 0.0167. The zero-order chi connectivity index (χ0) is 18.7. The second kappa shape index (κ2) is 7.68. The number of urea groups is 1. The van der Waals surface area contributed by atoms with Gasteiger partial charge in [-0.2, -0.15) is 0 Å². The van der Waals surface area contributed by atoms with E-state index < -0.39 is 30.3 Å². The Morgan fingerprint density at radius 3 is 2.27 bits per heavy atom. The Morgan fingerprint density at radius 1 is 1.00 bits per heavy atom. The van der Waals surface area contributed by atoms with Crippen molar-refractivity contribution in [2.45, 2.75) is 45.2 Å². The fourth-order valence-corrected chi connectivity index (χ4v) is 3.42. The van der Waals surface area contributed by atoms with Gasteiger partial charge < -0.3 is 5.32 Å². The third kappa shape index (κ3) is 3.92. The smallest absolute Gasteiger partial charge is 0.335 e. The van der Waals surface area contributed by atoms with Crippen LogP contribution < -0.4 is 5.32 Å². The molecule has 138 valence electrons. The first-order valence-electron chi connectivity index (χ1n) is 8.96. The van der Waals surface area contributed by atoms with Gasteiger partial charge in [-0.05, 0) is 37.2 Å². The van der Waals surface area contributed by atoms with Crippen molar-refractivity contribution < 1.29 is 19.2 Å². The Labute approximate surface area is 152 Å². The van der Waals surface area contributed by atoms with Crippen molar-refractivity contribution in [3.63, 3.8) is 0 Å². The first-order chi connectivity index (χ1) is 12.5. The Bertz CT molecular complexity index is 711. The molecule has 1 N–H and O–H groups in total. The van der Waals surface area contributed by atoms with E-state index in [2.05, 4.69) is 12.2 Å². The van der Waals surface area contributed by atoms with Gasteiger partial charge in [0.2, 0.25) is 5.91 Å². The maximum Gasteiger partial charge on any atom is 0.335 e. The molecule has 1 saturated heterocycles.